The summed E-state index contributed by atoms with van der Waals surface area (Å²) >= 11 is 0. The van der Waals surface area contributed by atoms with E-state index in [1.165, 1.54) is 6.20 Å². The zero-order valence-corrected chi connectivity index (χ0v) is 14.7. The minimum absolute atomic E-state index is 0.0343. The van der Waals surface area contributed by atoms with Crippen LogP contribution < -0.4 is 11.1 Å². The zero-order valence-electron chi connectivity index (χ0n) is 14.7. The summed E-state index contributed by atoms with van der Waals surface area (Å²) in [5, 5.41) is 3.08. The van der Waals surface area contributed by atoms with Gasteiger partial charge < -0.3 is 16.0 Å². The second-order valence-corrected chi connectivity index (χ2v) is 6.36. The van der Waals surface area contributed by atoms with Gasteiger partial charge in [0, 0.05) is 0 Å². The number of rotatable bonds is 4. The lowest BCUT2D eigenvalue weighted by Crippen LogP contribution is -2.45. The van der Waals surface area contributed by atoms with Crippen molar-refractivity contribution in [3.05, 3.63) is 83.8 Å². The molecule has 4 N–H and O–H groups in total. The van der Waals surface area contributed by atoms with Crippen LogP contribution in [0.15, 0.2) is 66.9 Å². The largest absolute Gasteiger partial charge is 0.369 e. The molecule has 4 rings (SSSR count). The number of carbonyl (C=O) groups is 1. The summed E-state index contributed by atoms with van der Waals surface area (Å²) in [5.74, 6) is -0.129. The molecule has 134 valence electrons. The first-order valence-corrected chi connectivity index (χ1v) is 8.48. The van der Waals surface area contributed by atoms with E-state index in [2.05, 4.69) is 25.3 Å². The molecule has 0 spiro atoms. The van der Waals surface area contributed by atoms with E-state index in [-0.39, 0.29) is 11.8 Å². The molecule has 27 heavy (non-hydrogen) atoms. The second-order valence-electron chi connectivity index (χ2n) is 6.36. The summed E-state index contributed by atoms with van der Waals surface area (Å²) < 4.78 is 0. The van der Waals surface area contributed by atoms with Crippen LogP contribution in [0, 0.1) is 0 Å². The monoisotopic (exact) mass is 358 g/mol. The molecular weight excluding hydrogens is 340 g/mol. The number of nitrogens with one attached hydrogen (secondary N) is 2. The fourth-order valence-electron chi connectivity index (χ4n) is 3.07. The Hall–Kier alpha value is -3.74. The maximum Gasteiger partial charge on any atom is 0.290 e. The third kappa shape index (κ3) is 3.10. The smallest absolute Gasteiger partial charge is 0.290 e. The van der Waals surface area contributed by atoms with Crippen molar-refractivity contribution in [2.45, 2.75) is 12.5 Å². The van der Waals surface area contributed by atoms with E-state index >= 15 is 0 Å². The molecule has 0 aliphatic carbocycles. The highest BCUT2D eigenvalue weighted by Crippen LogP contribution is 2.29. The number of anilines is 1. The molecule has 4 aromatic rings. The van der Waals surface area contributed by atoms with Gasteiger partial charge in [-0.05, 0) is 18.1 Å². The van der Waals surface area contributed by atoms with E-state index in [9.17, 15) is 4.79 Å². The Labute approximate surface area is 155 Å². The molecule has 0 saturated heterocycles. The first-order valence-electron chi connectivity index (χ1n) is 8.48. The van der Waals surface area contributed by atoms with Crippen LogP contribution in [-0.4, -0.2) is 25.8 Å². The van der Waals surface area contributed by atoms with Crippen LogP contribution in [0.5, 0.6) is 0 Å². The predicted octanol–water partition coefficient (Wildman–Crippen LogP) is 2.63. The maximum atomic E-state index is 13.0. The number of amides is 1. The fourth-order valence-corrected chi connectivity index (χ4v) is 3.07. The second kappa shape index (κ2) is 6.53. The Kier molecular flexibility index (Phi) is 4.04. The number of nitrogens with two attached hydrogens (primary N) is 1. The standard InChI is InChI=1S/C20H18N6O/c1-20(13-8-4-2-5-9-13,14-10-6-3-7-11-14)26-18(27)17-22-12-15-16(24-17)25-19(21)23-15/h2-12H,1H3,(H,26,27)(H3,21,22,23,24,25). The third-order valence-corrected chi connectivity index (χ3v) is 4.53. The summed E-state index contributed by atoms with van der Waals surface area (Å²) in [7, 11) is 0. The number of nitrogens with zero attached hydrogens (tertiary/aromatic N) is 3. The van der Waals surface area contributed by atoms with E-state index in [1.807, 2.05) is 67.6 Å². The molecule has 0 aliphatic heterocycles. The summed E-state index contributed by atoms with van der Waals surface area (Å²) in [6.45, 7) is 1.96. The SMILES string of the molecule is CC(NC(=O)c1ncc2[nH]c(N)nc2n1)(c1ccccc1)c1ccccc1. The van der Waals surface area contributed by atoms with Gasteiger partial charge in [0.15, 0.2) is 11.6 Å². The lowest BCUT2D eigenvalue weighted by atomic mass is 9.84. The number of aromatic amines is 1. The van der Waals surface area contributed by atoms with Gasteiger partial charge in [-0.2, -0.15) is 4.98 Å². The number of aromatic nitrogens is 4. The van der Waals surface area contributed by atoms with Gasteiger partial charge in [-0.25, -0.2) is 9.97 Å². The van der Waals surface area contributed by atoms with E-state index in [1.54, 1.807) is 0 Å². The van der Waals surface area contributed by atoms with Gasteiger partial charge in [-0.3, -0.25) is 4.79 Å². The molecule has 0 aliphatic rings. The number of imidazole rings is 1. The van der Waals surface area contributed by atoms with Crippen LogP contribution in [-0.2, 0) is 5.54 Å². The van der Waals surface area contributed by atoms with E-state index < -0.39 is 11.4 Å². The van der Waals surface area contributed by atoms with E-state index in [0.29, 0.717) is 11.2 Å². The zero-order chi connectivity index (χ0) is 18.9. The molecule has 7 nitrogen and oxygen atoms in total. The Morgan fingerprint density at radius 2 is 1.59 bits per heavy atom. The molecule has 2 aromatic carbocycles. The van der Waals surface area contributed by atoms with Crippen LogP contribution >= 0.6 is 0 Å². The number of hydrogen-bond acceptors (Lipinski definition) is 5. The van der Waals surface area contributed by atoms with Crippen LogP contribution in [0.25, 0.3) is 11.2 Å². The molecule has 0 saturated carbocycles. The molecule has 7 heteroatoms. The lowest BCUT2D eigenvalue weighted by molar-refractivity contribution is 0.0908. The van der Waals surface area contributed by atoms with Crippen LogP contribution in [0.4, 0.5) is 5.95 Å². The van der Waals surface area contributed by atoms with E-state index in [4.69, 9.17) is 5.73 Å². The van der Waals surface area contributed by atoms with Gasteiger partial charge >= 0.3 is 0 Å². The quantitative estimate of drug-likeness (QED) is 0.519. The van der Waals surface area contributed by atoms with Crippen molar-refractivity contribution in [3.8, 4) is 0 Å². The molecule has 2 heterocycles. The minimum atomic E-state index is -0.747. The normalized spacial score (nSPS) is 11.4. The molecule has 0 radical (unpaired) electrons. The Morgan fingerprint density at radius 1 is 1.00 bits per heavy atom. The van der Waals surface area contributed by atoms with Crippen molar-refractivity contribution in [3.63, 3.8) is 0 Å². The molecule has 0 unspecified atom stereocenters. The molecule has 0 bridgehead atoms. The lowest BCUT2D eigenvalue weighted by Gasteiger charge is -2.32. The number of H-pyrrole nitrogens is 1. The van der Waals surface area contributed by atoms with Gasteiger partial charge in [0.05, 0.1) is 11.7 Å². The third-order valence-electron chi connectivity index (χ3n) is 4.53. The average molecular weight is 358 g/mol. The highest BCUT2D eigenvalue weighted by atomic mass is 16.2. The number of hydrogen-bond donors (Lipinski definition) is 3. The number of fused-ring (bicyclic) bond motifs is 1. The molecule has 2 aromatic heterocycles. The molecule has 0 fully saturated rings. The highest BCUT2D eigenvalue weighted by Gasteiger charge is 2.31. The van der Waals surface area contributed by atoms with Gasteiger partial charge in [0.25, 0.3) is 5.91 Å². The van der Waals surface area contributed by atoms with Gasteiger partial charge in [-0.1, -0.05) is 60.7 Å². The Bertz CT molecular complexity index is 1050. The molecule has 0 atom stereocenters. The first-order chi connectivity index (χ1) is 13.1. The minimum Gasteiger partial charge on any atom is -0.369 e. The van der Waals surface area contributed by atoms with Gasteiger partial charge in [-0.15, -0.1) is 0 Å². The van der Waals surface area contributed by atoms with Crippen LogP contribution in [0.1, 0.15) is 28.7 Å². The van der Waals surface area contributed by atoms with Crippen molar-refractivity contribution in [1.29, 1.82) is 0 Å². The number of carbonyl (C=O) groups excluding carboxylic acids is 1. The summed E-state index contributed by atoms with van der Waals surface area (Å²) in [5.41, 5.74) is 7.73. The molecular formula is C20H18N6O. The Morgan fingerprint density at radius 3 is 2.19 bits per heavy atom. The van der Waals surface area contributed by atoms with Crippen molar-refractivity contribution in [2.75, 3.05) is 5.73 Å². The fraction of sp³-hybridized carbons (Fsp3) is 0.100. The summed E-state index contributed by atoms with van der Waals surface area (Å²) in [6.07, 6.45) is 1.50. The van der Waals surface area contributed by atoms with Crippen molar-refractivity contribution < 1.29 is 4.79 Å². The highest BCUT2D eigenvalue weighted by molar-refractivity contribution is 5.93. The maximum absolute atomic E-state index is 13.0. The summed E-state index contributed by atoms with van der Waals surface area (Å²) in [6, 6.07) is 19.6. The van der Waals surface area contributed by atoms with Gasteiger partial charge in [0.1, 0.15) is 5.52 Å². The van der Waals surface area contributed by atoms with Crippen LogP contribution in [0.2, 0.25) is 0 Å². The van der Waals surface area contributed by atoms with Gasteiger partial charge in [0.2, 0.25) is 5.82 Å². The van der Waals surface area contributed by atoms with Crippen molar-refractivity contribution >= 4 is 23.0 Å². The van der Waals surface area contributed by atoms with Crippen molar-refractivity contribution in [2.24, 2.45) is 0 Å². The predicted molar refractivity (Wildman–Crippen MR) is 103 cm³/mol. The average Bonchev–Trinajstić information content (AvgIpc) is 3.08. The van der Waals surface area contributed by atoms with E-state index in [0.717, 1.165) is 11.1 Å². The van der Waals surface area contributed by atoms with Crippen LogP contribution in [0.3, 0.4) is 0 Å². The number of nitrogen functional groups attached to an aromatic ring is 1. The Balaban J connectivity index is 1.73. The first kappa shape index (κ1) is 16.7. The number of benzene rings is 2. The summed E-state index contributed by atoms with van der Waals surface area (Å²) in [4.78, 5) is 28.2. The topological polar surface area (TPSA) is 110 Å². The van der Waals surface area contributed by atoms with Crippen molar-refractivity contribution in [1.82, 2.24) is 25.3 Å². The molecule has 1 amide bonds.